The number of ether oxygens (including phenoxy) is 1. The zero-order chi connectivity index (χ0) is 14.0. The highest BCUT2D eigenvalue weighted by Crippen LogP contribution is 2.15. The second kappa shape index (κ2) is 10.1. The molecular weight excluding hydrogens is 228 g/mol. The lowest BCUT2D eigenvalue weighted by molar-refractivity contribution is -0.132. The van der Waals surface area contributed by atoms with Gasteiger partial charge in [0.2, 0.25) is 5.91 Å². The van der Waals surface area contributed by atoms with E-state index in [0.29, 0.717) is 38.6 Å². The highest BCUT2D eigenvalue weighted by Gasteiger charge is 2.18. The number of amides is 1. The van der Waals surface area contributed by atoms with Crippen molar-refractivity contribution in [3.63, 3.8) is 0 Å². The number of hydrogen-bond donors (Lipinski definition) is 1. The van der Waals surface area contributed by atoms with Crippen molar-refractivity contribution in [3.8, 4) is 0 Å². The SMILES string of the molecule is C=CCN(CCOC)C(=O)C[C@@H](CN)CC(C)C. The van der Waals surface area contributed by atoms with E-state index in [0.717, 1.165) is 6.42 Å². The fourth-order valence-electron chi connectivity index (χ4n) is 1.98. The third-order valence-electron chi connectivity index (χ3n) is 2.87. The Hall–Kier alpha value is -0.870. The van der Waals surface area contributed by atoms with Crippen molar-refractivity contribution in [2.75, 3.05) is 33.4 Å². The molecule has 0 aromatic heterocycles. The summed E-state index contributed by atoms with van der Waals surface area (Å²) < 4.78 is 5.01. The van der Waals surface area contributed by atoms with Crippen LogP contribution in [0.4, 0.5) is 0 Å². The van der Waals surface area contributed by atoms with E-state index in [1.54, 1.807) is 18.1 Å². The highest BCUT2D eigenvalue weighted by atomic mass is 16.5. The van der Waals surface area contributed by atoms with Gasteiger partial charge in [0, 0.05) is 26.6 Å². The Morgan fingerprint density at radius 1 is 1.50 bits per heavy atom. The molecule has 0 rings (SSSR count). The molecule has 0 saturated heterocycles. The van der Waals surface area contributed by atoms with E-state index in [1.165, 1.54) is 0 Å². The van der Waals surface area contributed by atoms with Crippen LogP contribution in [0.2, 0.25) is 0 Å². The smallest absolute Gasteiger partial charge is 0.223 e. The van der Waals surface area contributed by atoms with Crippen molar-refractivity contribution in [1.29, 1.82) is 0 Å². The molecule has 0 aliphatic carbocycles. The fourth-order valence-corrected chi connectivity index (χ4v) is 1.98. The van der Waals surface area contributed by atoms with Crippen molar-refractivity contribution >= 4 is 5.91 Å². The molecule has 106 valence electrons. The summed E-state index contributed by atoms with van der Waals surface area (Å²) >= 11 is 0. The first-order valence-electron chi connectivity index (χ1n) is 6.62. The van der Waals surface area contributed by atoms with Crippen LogP contribution in [-0.4, -0.2) is 44.2 Å². The second-order valence-corrected chi connectivity index (χ2v) is 5.06. The number of methoxy groups -OCH3 is 1. The number of carbonyl (C=O) groups is 1. The first kappa shape index (κ1) is 17.1. The van der Waals surface area contributed by atoms with Crippen LogP contribution in [0.5, 0.6) is 0 Å². The minimum Gasteiger partial charge on any atom is -0.383 e. The van der Waals surface area contributed by atoms with E-state index < -0.39 is 0 Å². The fraction of sp³-hybridized carbons (Fsp3) is 0.786. The van der Waals surface area contributed by atoms with Crippen molar-refractivity contribution in [3.05, 3.63) is 12.7 Å². The van der Waals surface area contributed by atoms with Gasteiger partial charge in [0.15, 0.2) is 0 Å². The number of rotatable bonds is 10. The van der Waals surface area contributed by atoms with Crippen molar-refractivity contribution < 1.29 is 9.53 Å². The Kier molecular flexibility index (Phi) is 9.60. The molecule has 0 aromatic carbocycles. The molecule has 0 unspecified atom stereocenters. The first-order chi connectivity index (χ1) is 8.54. The van der Waals surface area contributed by atoms with Gasteiger partial charge in [-0.25, -0.2) is 0 Å². The number of nitrogens with two attached hydrogens (primary N) is 1. The van der Waals surface area contributed by atoms with Crippen LogP contribution < -0.4 is 5.73 Å². The zero-order valence-corrected chi connectivity index (χ0v) is 12.0. The summed E-state index contributed by atoms with van der Waals surface area (Å²) in [4.78, 5) is 13.9. The molecule has 0 aliphatic rings. The van der Waals surface area contributed by atoms with Crippen LogP contribution >= 0.6 is 0 Å². The van der Waals surface area contributed by atoms with Gasteiger partial charge in [0.05, 0.1) is 6.61 Å². The van der Waals surface area contributed by atoms with E-state index in [4.69, 9.17) is 10.5 Å². The molecule has 18 heavy (non-hydrogen) atoms. The van der Waals surface area contributed by atoms with Crippen LogP contribution in [0.25, 0.3) is 0 Å². The zero-order valence-electron chi connectivity index (χ0n) is 12.0. The molecule has 0 radical (unpaired) electrons. The van der Waals surface area contributed by atoms with Gasteiger partial charge >= 0.3 is 0 Å². The lowest BCUT2D eigenvalue weighted by Gasteiger charge is -2.24. The van der Waals surface area contributed by atoms with Gasteiger partial charge in [0.25, 0.3) is 0 Å². The molecule has 0 aromatic rings. The molecule has 0 aliphatic heterocycles. The first-order valence-corrected chi connectivity index (χ1v) is 6.62. The Labute approximate surface area is 111 Å². The molecular formula is C14H28N2O2. The summed E-state index contributed by atoms with van der Waals surface area (Å²) in [6.07, 6.45) is 3.26. The van der Waals surface area contributed by atoms with E-state index in [1.807, 2.05) is 0 Å². The predicted molar refractivity (Wildman–Crippen MR) is 75.3 cm³/mol. The molecule has 4 heteroatoms. The van der Waals surface area contributed by atoms with E-state index in [2.05, 4.69) is 20.4 Å². The topological polar surface area (TPSA) is 55.6 Å². The second-order valence-electron chi connectivity index (χ2n) is 5.06. The maximum absolute atomic E-state index is 12.2. The molecule has 4 nitrogen and oxygen atoms in total. The van der Waals surface area contributed by atoms with Gasteiger partial charge in [-0.15, -0.1) is 6.58 Å². The molecule has 0 spiro atoms. The molecule has 0 saturated carbocycles. The van der Waals surface area contributed by atoms with Gasteiger partial charge in [-0.3, -0.25) is 4.79 Å². The van der Waals surface area contributed by atoms with Crippen LogP contribution in [0.15, 0.2) is 12.7 Å². The monoisotopic (exact) mass is 256 g/mol. The lowest BCUT2D eigenvalue weighted by atomic mass is 9.94. The quantitative estimate of drug-likeness (QED) is 0.605. The van der Waals surface area contributed by atoms with Crippen LogP contribution in [0, 0.1) is 11.8 Å². The minimum atomic E-state index is 0.142. The summed E-state index contributed by atoms with van der Waals surface area (Å²) in [7, 11) is 1.64. The standard InChI is InChI=1S/C14H28N2O2/c1-5-6-16(7-8-18-4)14(17)10-13(11-15)9-12(2)3/h5,12-13H,1,6-11,15H2,2-4H3/t13-/m0/s1. The third kappa shape index (κ3) is 7.45. The summed E-state index contributed by atoms with van der Waals surface area (Å²) in [5.74, 6) is 0.980. The average Bonchev–Trinajstić information content (AvgIpc) is 2.32. The molecule has 0 bridgehead atoms. The van der Waals surface area contributed by atoms with Gasteiger partial charge < -0.3 is 15.4 Å². The third-order valence-corrected chi connectivity index (χ3v) is 2.87. The minimum absolute atomic E-state index is 0.142. The van der Waals surface area contributed by atoms with Crippen molar-refractivity contribution in [1.82, 2.24) is 4.90 Å². The molecule has 1 amide bonds. The number of nitrogens with zero attached hydrogens (tertiary/aromatic N) is 1. The lowest BCUT2D eigenvalue weighted by Crippen LogP contribution is -2.36. The van der Waals surface area contributed by atoms with Crippen molar-refractivity contribution in [2.24, 2.45) is 17.6 Å². The molecule has 1 atom stereocenters. The largest absolute Gasteiger partial charge is 0.383 e. The van der Waals surface area contributed by atoms with Crippen molar-refractivity contribution in [2.45, 2.75) is 26.7 Å². The van der Waals surface area contributed by atoms with E-state index >= 15 is 0 Å². The Morgan fingerprint density at radius 3 is 2.61 bits per heavy atom. The molecule has 0 heterocycles. The molecule has 2 N–H and O–H groups in total. The van der Waals surface area contributed by atoms with Gasteiger partial charge in [-0.05, 0) is 24.8 Å². The highest BCUT2D eigenvalue weighted by molar-refractivity contribution is 5.76. The Bertz CT molecular complexity index is 242. The summed E-state index contributed by atoms with van der Waals surface area (Å²) in [6.45, 7) is 10.3. The Balaban J connectivity index is 4.32. The average molecular weight is 256 g/mol. The normalized spacial score (nSPS) is 12.5. The Morgan fingerprint density at radius 2 is 2.17 bits per heavy atom. The number of carbonyl (C=O) groups excluding carboxylic acids is 1. The van der Waals surface area contributed by atoms with Gasteiger partial charge in [-0.1, -0.05) is 19.9 Å². The molecule has 0 fully saturated rings. The number of hydrogen-bond acceptors (Lipinski definition) is 3. The summed E-state index contributed by atoms with van der Waals surface area (Å²) in [5, 5.41) is 0. The maximum Gasteiger partial charge on any atom is 0.223 e. The van der Waals surface area contributed by atoms with Crippen LogP contribution in [-0.2, 0) is 9.53 Å². The summed E-state index contributed by atoms with van der Waals surface area (Å²) in [6, 6.07) is 0. The van der Waals surface area contributed by atoms with Crippen LogP contribution in [0.1, 0.15) is 26.7 Å². The maximum atomic E-state index is 12.2. The summed E-state index contributed by atoms with van der Waals surface area (Å²) in [5.41, 5.74) is 5.73. The van der Waals surface area contributed by atoms with Gasteiger partial charge in [0.1, 0.15) is 0 Å². The van der Waals surface area contributed by atoms with Crippen LogP contribution in [0.3, 0.4) is 0 Å². The predicted octanol–water partition coefficient (Wildman–Crippen LogP) is 1.66. The van der Waals surface area contributed by atoms with E-state index in [9.17, 15) is 4.79 Å². The van der Waals surface area contributed by atoms with Gasteiger partial charge in [-0.2, -0.15) is 0 Å². The van der Waals surface area contributed by atoms with E-state index in [-0.39, 0.29) is 11.8 Å².